The average molecular weight is 428 g/mol. The van der Waals surface area contributed by atoms with E-state index < -0.39 is 0 Å². The minimum Gasteiger partial charge on any atom is -0.491 e. The zero-order chi connectivity index (χ0) is 19.1. The molecule has 0 aliphatic rings. The van der Waals surface area contributed by atoms with Crippen LogP contribution >= 0.6 is 15.9 Å². The number of nitrogens with one attached hydrogen (secondary N) is 1. The van der Waals surface area contributed by atoms with E-state index in [9.17, 15) is 4.79 Å². The van der Waals surface area contributed by atoms with E-state index in [2.05, 4.69) is 28.2 Å². The number of fused-ring (bicyclic) bond motifs is 1. The van der Waals surface area contributed by atoms with Gasteiger partial charge in [-0.2, -0.15) is 0 Å². The van der Waals surface area contributed by atoms with Gasteiger partial charge < -0.3 is 14.8 Å². The summed E-state index contributed by atoms with van der Waals surface area (Å²) in [5.41, 5.74) is 1.21. The van der Waals surface area contributed by atoms with Crippen molar-refractivity contribution in [2.45, 2.75) is 13.3 Å². The first-order valence-corrected chi connectivity index (χ1v) is 9.75. The minimum absolute atomic E-state index is 0.0294. The number of aryl methyl sites for hydroxylation is 1. The third-order valence-corrected chi connectivity index (χ3v) is 4.81. The van der Waals surface area contributed by atoms with Crippen LogP contribution in [0.4, 0.5) is 0 Å². The van der Waals surface area contributed by atoms with Crippen LogP contribution in [0.15, 0.2) is 65.1 Å². The molecule has 1 N–H and O–H groups in total. The molecule has 0 aliphatic carbocycles. The fourth-order valence-electron chi connectivity index (χ4n) is 2.75. The molecule has 0 atom stereocenters. The first kappa shape index (κ1) is 19.2. The molecule has 0 saturated heterocycles. The Bertz CT molecular complexity index is 921. The summed E-state index contributed by atoms with van der Waals surface area (Å²) in [6, 6.07) is 19.9. The maximum absolute atomic E-state index is 12.0. The van der Waals surface area contributed by atoms with Crippen molar-refractivity contribution in [3.8, 4) is 11.5 Å². The SMILES string of the molecule is CCc1ccc(OCC(=O)NCCOc2cccc3ccccc23)c(Br)c1. The number of carbonyl (C=O) groups excluding carboxylic acids is 1. The second kappa shape index (κ2) is 9.42. The first-order valence-electron chi connectivity index (χ1n) is 8.96. The van der Waals surface area contributed by atoms with E-state index in [1.165, 1.54) is 5.56 Å². The summed E-state index contributed by atoms with van der Waals surface area (Å²) in [6.07, 6.45) is 0.954. The van der Waals surface area contributed by atoms with Crippen molar-refractivity contribution in [3.63, 3.8) is 0 Å². The van der Waals surface area contributed by atoms with Crippen molar-refractivity contribution in [1.29, 1.82) is 0 Å². The summed E-state index contributed by atoms with van der Waals surface area (Å²) >= 11 is 3.47. The predicted octanol–water partition coefficient (Wildman–Crippen LogP) is 4.74. The Labute approximate surface area is 167 Å². The number of hydrogen-bond donors (Lipinski definition) is 1. The third-order valence-electron chi connectivity index (χ3n) is 4.19. The molecule has 3 aromatic carbocycles. The van der Waals surface area contributed by atoms with Crippen LogP contribution in [-0.2, 0) is 11.2 Å². The van der Waals surface area contributed by atoms with Gasteiger partial charge in [-0.3, -0.25) is 4.79 Å². The predicted molar refractivity (Wildman–Crippen MR) is 111 cm³/mol. The van der Waals surface area contributed by atoms with Crippen LogP contribution in [0.25, 0.3) is 10.8 Å². The number of benzene rings is 3. The summed E-state index contributed by atoms with van der Waals surface area (Å²) in [4.78, 5) is 12.0. The molecule has 0 aromatic heterocycles. The van der Waals surface area contributed by atoms with Gasteiger partial charge in [-0.1, -0.05) is 49.4 Å². The molecule has 27 heavy (non-hydrogen) atoms. The first-order chi connectivity index (χ1) is 13.2. The van der Waals surface area contributed by atoms with Crippen molar-refractivity contribution < 1.29 is 14.3 Å². The highest BCUT2D eigenvalue weighted by Crippen LogP contribution is 2.26. The van der Waals surface area contributed by atoms with Crippen molar-refractivity contribution in [2.75, 3.05) is 19.8 Å². The van der Waals surface area contributed by atoms with Gasteiger partial charge in [0.1, 0.15) is 18.1 Å². The molecule has 3 aromatic rings. The lowest BCUT2D eigenvalue weighted by atomic mass is 10.1. The molecule has 5 heteroatoms. The molecular weight excluding hydrogens is 406 g/mol. The van der Waals surface area contributed by atoms with Gasteiger partial charge in [0.2, 0.25) is 0 Å². The molecular formula is C22H22BrNO3. The highest BCUT2D eigenvalue weighted by molar-refractivity contribution is 9.10. The largest absolute Gasteiger partial charge is 0.491 e. The van der Waals surface area contributed by atoms with Gasteiger partial charge in [0.15, 0.2) is 6.61 Å². The highest BCUT2D eigenvalue weighted by Gasteiger charge is 2.07. The van der Waals surface area contributed by atoms with E-state index in [0.29, 0.717) is 18.9 Å². The maximum Gasteiger partial charge on any atom is 0.258 e. The Kier molecular flexibility index (Phi) is 6.71. The fourth-order valence-corrected chi connectivity index (χ4v) is 3.29. The third kappa shape index (κ3) is 5.23. The molecule has 0 unspecified atom stereocenters. The van der Waals surface area contributed by atoms with Gasteiger partial charge in [-0.15, -0.1) is 0 Å². The smallest absolute Gasteiger partial charge is 0.258 e. The number of halogens is 1. The lowest BCUT2D eigenvalue weighted by Crippen LogP contribution is -2.32. The van der Waals surface area contributed by atoms with Gasteiger partial charge in [-0.05, 0) is 51.5 Å². The van der Waals surface area contributed by atoms with Crippen LogP contribution in [0.1, 0.15) is 12.5 Å². The lowest BCUT2D eigenvalue weighted by molar-refractivity contribution is -0.123. The molecule has 0 radical (unpaired) electrons. The Morgan fingerprint density at radius 3 is 2.63 bits per heavy atom. The minimum atomic E-state index is -0.178. The molecule has 0 fully saturated rings. The summed E-state index contributed by atoms with van der Waals surface area (Å²) in [6.45, 7) is 2.88. The molecule has 0 spiro atoms. The molecule has 0 bridgehead atoms. The van der Waals surface area contributed by atoms with Crippen molar-refractivity contribution in [3.05, 3.63) is 70.7 Å². The standard InChI is InChI=1S/C22H22BrNO3/c1-2-16-10-11-21(19(23)14-16)27-15-22(25)24-12-13-26-20-9-5-7-17-6-3-4-8-18(17)20/h3-11,14H,2,12-13,15H2,1H3,(H,24,25). The molecule has 4 nitrogen and oxygen atoms in total. The lowest BCUT2D eigenvalue weighted by Gasteiger charge is -2.11. The van der Waals surface area contributed by atoms with Crippen LogP contribution in [0.3, 0.4) is 0 Å². The molecule has 3 rings (SSSR count). The Balaban J connectivity index is 1.43. The molecule has 1 amide bonds. The van der Waals surface area contributed by atoms with Crippen LogP contribution in [0.2, 0.25) is 0 Å². The summed E-state index contributed by atoms with van der Waals surface area (Å²) in [7, 11) is 0. The van der Waals surface area contributed by atoms with Gasteiger partial charge in [-0.25, -0.2) is 0 Å². The van der Waals surface area contributed by atoms with Gasteiger partial charge in [0, 0.05) is 5.39 Å². The maximum atomic E-state index is 12.0. The monoisotopic (exact) mass is 427 g/mol. The highest BCUT2D eigenvalue weighted by atomic mass is 79.9. The topological polar surface area (TPSA) is 47.6 Å². The van der Waals surface area contributed by atoms with E-state index >= 15 is 0 Å². The van der Waals surface area contributed by atoms with E-state index in [1.54, 1.807) is 0 Å². The molecule has 0 heterocycles. The number of carbonyl (C=O) groups is 1. The second-order valence-corrected chi connectivity index (χ2v) is 6.94. The second-order valence-electron chi connectivity index (χ2n) is 6.08. The zero-order valence-corrected chi connectivity index (χ0v) is 16.8. The molecule has 0 aliphatic heterocycles. The number of hydrogen-bond acceptors (Lipinski definition) is 3. The van der Waals surface area contributed by atoms with Crippen LogP contribution < -0.4 is 14.8 Å². The number of amides is 1. The Hall–Kier alpha value is -2.53. The van der Waals surface area contributed by atoms with Gasteiger partial charge in [0.05, 0.1) is 11.0 Å². The average Bonchev–Trinajstić information content (AvgIpc) is 2.70. The summed E-state index contributed by atoms with van der Waals surface area (Å²) in [5.74, 6) is 1.30. The normalized spacial score (nSPS) is 10.6. The van der Waals surface area contributed by atoms with Crippen molar-refractivity contribution >= 4 is 32.6 Å². The quantitative estimate of drug-likeness (QED) is 0.528. The van der Waals surface area contributed by atoms with Gasteiger partial charge in [0.25, 0.3) is 5.91 Å². The van der Waals surface area contributed by atoms with Crippen molar-refractivity contribution in [2.24, 2.45) is 0 Å². The molecule has 0 saturated carbocycles. The summed E-state index contributed by atoms with van der Waals surface area (Å²) in [5, 5.41) is 5.01. The Morgan fingerprint density at radius 1 is 1.00 bits per heavy atom. The fraction of sp³-hybridized carbons (Fsp3) is 0.227. The Morgan fingerprint density at radius 2 is 1.81 bits per heavy atom. The van der Waals surface area contributed by atoms with E-state index in [4.69, 9.17) is 9.47 Å². The van der Waals surface area contributed by atoms with Crippen LogP contribution in [0.5, 0.6) is 11.5 Å². The van der Waals surface area contributed by atoms with Crippen LogP contribution in [-0.4, -0.2) is 25.7 Å². The van der Waals surface area contributed by atoms with E-state index in [0.717, 1.165) is 27.4 Å². The van der Waals surface area contributed by atoms with Crippen molar-refractivity contribution in [1.82, 2.24) is 5.32 Å². The van der Waals surface area contributed by atoms with E-state index in [1.807, 2.05) is 60.7 Å². The number of rotatable bonds is 8. The number of ether oxygens (including phenoxy) is 2. The van der Waals surface area contributed by atoms with Gasteiger partial charge >= 0.3 is 0 Å². The van der Waals surface area contributed by atoms with Crippen LogP contribution in [0, 0.1) is 0 Å². The molecule has 140 valence electrons. The zero-order valence-electron chi connectivity index (χ0n) is 15.2. The van der Waals surface area contributed by atoms with E-state index in [-0.39, 0.29) is 12.5 Å². The summed E-state index contributed by atoms with van der Waals surface area (Å²) < 4.78 is 12.2.